The van der Waals surface area contributed by atoms with Crippen molar-refractivity contribution < 1.29 is 4.74 Å². The monoisotopic (exact) mass is 277 g/mol. The van der Waals surface area contributed by atoms with E-state index in [1.54, 1.807) is 7.11 Å². The Labute approximate surface area is 122 Å². The van der Waals surface area contributed by atoms with E-state index in [0.717, 1.165) is 31.9 Å². The van der Waals surface area contributed by atoms with Crippen LogP contribution in [0.3, 0.4) is 0 Å². The van der Waals surface area contributed by atoms with Crippen LogP contribution in [0.2, 0.25) is 0 Å². The maximum atomic E-state index is 5.42. The lowest BCUT2D eigenvalue weighted by Crippen LogP contribution is -2.53. The summed E-state index contributed by atoms with van der Waals surface area (Å²) in [5.41, 5.74) is 2.51. The molecular formula is C16H27N3O. The van der Waals surface area contributed by atoms with Crippen molar-refractivity contribution in [3.63, 3.8) is 0 Å². The highest BCUT2D eigenvalue weighted by molar-refractivity contribution is 5.36. The van der Waals surface area contributed by atoms with Crippen LogP contribution in [0, 0.1) is 6.92 Å². The van der Waals surface area contributed by atoms with E-state index in [1.165, 1.54) is 17.7 Å². The molecule has 0 bridgehead atoms. The van der Waals surface area contributed by atoms with Crippen LogP contribution < -0.4 is 10.1 Å². The number of hydrogen-bond acceptors (Lipinski definition) is 4. The first kappa shape index (κ1) is 15.3. The van der Waals surface area contributed by atoms with Crippen LogP contribution in [0.15, 0.2) is 18.2 Å². The van der Waals surface area contributed by atoms with Gasteiger partial charge in [-0.15, -0.1) is 0 Å². The highest BCUT2D eigenvalue weighted by Gasteiger charge is 2.21. The zero-order valence-electron chi connectivity index (χ0n) is 13.1. The van der Waals surface area contributed by atoms with E-state index >= 15 is 0 Å². The van der Waals surface area contributed by atoms with Crippen LogP contribution in [0.1, 0.15) is 11.1 Å². The van der Waals surface area contributed by atoms with Gasteiger partial charge in [0.2, 0.25) is 0 Å². The Hall–Kier alpha value is -1.10. The summed E-state index contributed by atoms with van der Waals surface area (Å²) in [5.74, 6) is 0.970. The second-order valence-electron chi connectivity index (χ2n) is 5.84. The summed E-state index contributed by atoms with van der Waals surface area (Å²) in [5, 5.41) is 3.58. The number of likely N-dealkylation sites (N-methyl/N-ethyl adjacent to an activating group) is 2. The SMILES string of the molecule is COc1ccc(C)cc1CNCC1CN(C)CCN1C. The van der Waals surface area contributed by atoms with E-state index in [2.05, 4.69) is 48.3 Å². The zero-order chi connectivity index (χ0) is 14.5. The summed E-state index contributed by atoms with van der Waals surface area (Å²) in [6.45, 7) is 7.44. The molecule has 4 nitrogen and oxygen atoms in total. The van der Waals surface area contributed by atoms with Crippen LogP contribution in [0.4, 0.5) is 0 Å². The Morgan fingerprint density at radius 1 is 1.30 bits per heavy atom. The first-order chi connectivity index (χ1) is 9.60. The molecule has 1 N–H and O–H groups in total. The third kappa shape index (κ3) is 3.95. The van der Waals surface area contributed by atoms with Crippen molar-refractivity contribution >= 4 is 0 Å². The molecule has 0 radical (unpaired) electrons. The zero-order valence-corrected chi connectivity index (χ0v) is 13.1. The van der Waals surface area contributed by atoms with Crippen LogP contribution >= 0.6 is 0 Å². The molecule has 1 unspecified atom stereocenters. The Morgan fingerprint density at radius 2 is 2.10 bits per heavy atom. The Morgan fingerprint density at radius 3 is 2.85 bits per heavy atom. The molecule has 0 aliphatic carbocycles. The topological polar surface area (TPSA) is 27.7 Å². The molecular weight excluding hydrogens is 250 g/mol. The number of hydrogen-bond donors (Lipinski definition) is 1. The molecule has 2 rings (SSSR count). The Bertz CT molecular complexity index is 436. The van der Waals surface area contributed by atoms with Crippen LogP contribution in [0.25, 0.3) is 0 Å². The quantitative estimate of drug-likeness (QED) is 0.879. The summed E-state index contributed by atoms with van der Waals surface area (Å²) < 4.78 is 5.42. The van der Waals surface area contributed by atoms with Gasteiger partial charge in [0.1, 0.15) is 5.75 Å². The Balaban J connectivity index is 1.87. The molecule has 112 valence electrons. The third-order valence-corrected chi connectivity index (χ3v) is 4.11. The summed E-state index contributed by atoms with van der Waals surface area (Å²) >= 11 is 0. The maximum Gasteiger partial charge on any atom is 0.123 e. The van der Waals surface area contributed by atoms with Crippen molar-refractivity contribution in [1.29, 1.82) is 0 Å². The smallest absolute Gasteiger partial charge is 0.123 e. The predicted octanol–water partition coefficient (Wildman–Crippen LogP) is 1.34. The number of rotatable bonds is 5. The van der Waals surface area contributed by atoms with E-state index in [4.69, 9.17) is 4.74 Å². The van der Waals surface area contributed by atoms with Crippen molar-refractivity contribution in [3.8, 4) is 5.75 Å². The lowest BCUT2D eigenvalue weighted by Gasteiger charge is -2.37. The fourth-order valence-electron chi connectivity index (χ4n) is 2.74. The molecule has 0 spiro atoms. The van der Waals surface area contributed by atoms with Gasteiger partial charge in [-0.05, 0) is 27.1 Å². The number of piperazine rings is 1. The number of methoxy groups -OCH3 is 1. The third-order valence-electron chi connectivity index (χ3n) is 4.11. The minimum Gasteiger partial charge on any atom is -0.496 e. The second kappa shape index (κ2) is 7.07. The molecule has 1 aliphatic heterocycles. The molecule has 1 aromatic carbocycles. The van der Waals surface area contributed by atoms with E-state index in [1.807, 2.05) is 6.07 Å². The van der Waals surface area contributed by atoms with Gasteiger partial charge in [0.15, 0.2) is 0 Å². The van der Waals surface area contributed by atoms with Gasteiger partial charge in [-0.25, -0.2) is 0 Å². The summed E-state index contributed by atoms with van der Waals surface area (Å²) in [6.07, 6.45) is 0. The molecule has 1 aromatic rings. The van der Waals surface area contributed by atoms with Crippen LogP contribution in [-0.4, -0.2) is 63.2 Å². The first-order valence-corrected chi connectivity index (χ1v) is 7.33. The van der Waals surface area contributed by atoms with Crippen molar-refractivity contribution in [3.05, 3.63) is 29.3 Å². The molecule has 0 saturated carbocycles. The lowest BCUT2D eigenvalue weighted by molar-refractivity contribution is 0.113. The number of aryl methyl sites for hydroxylation is 1. The molecule has 0 aromatic heterocycles. The summed E-state index contributed by atoms with van der Waals surface area (Å²) in [6, 6.07) is 6.92. The standard InChI is InChI=1S/C16H27N3O/c1-13-5-6-16(20-4)14(9-13)10-17-11-15-12-18(2)7-8-19(15)3/h5-6,9,15,17H,7-8,10-12H2,1-4H3. The number of nitrogens with zero attached hydrogens (tertiary/aromatic N) is 2. The van der Waals surface area contributed by atoms with Crippen molar-refractivity contribution in [2.24, 2.45) is 0 Å². The minimum absolute atomic E-state index is 0.588. The number of ether oxygens (including phenoxy) is 1. The normalized spacial score (nSPS) is 21.1. The molecule has 20 heavy (non-hydrogen) atoms. The van der Waals surface area contributed by atoms with Gasteiger partial charge in [0, 0.05) is 44.3 Å². The van der Waals surface area contributed by atoms with Crippen LogP contribution in [0.5, 0.6) is 5.75 Å². The van der Waals surface area contributed by atoms with Gasteiger partial charge < -0.3 is 15.0 Å². The molecule has 4 heteroatoms. The largest absolute Gasteiger partial charge is 0.496 e. The average molecular weight is 277 g/mol. The number of nitrogens with one attached hydrogen (secondary N) is 1. The van der Waals surface area contributed by atoms with E-state index in [-0.39, 0.29) is 0 Å². The minimum atomic E-state index is 0.588. The molecule has 1 heterocycles. The van der Waals surface area contributed by atoms with Crippen molar-refractivity contribution in [2.45, 2.75) is 19.5 Å². The maximum absolute atomic E-state index is 5.42. The lowest BCUT2D eigenvalue weighted by atomic mass is 10.1. The average Bonchev–Trinajstić information content (AvgIpc) is 2.43. The van der Waals surface area contributed by atoms with Gasteiger partial charge in [-0.3, -0.25) is 4.90 Å². The van der Waals surface area contributed by atoms with Crippen molar-refractivity contribution in [2.75, 3.05) is 47.4 Å². The van der Waals surface area contributed by atoms with Gasteiger partial charge >= 0.3 is 0 Å². The van der Waals surface area contributed by atoms with Gasteiger partial charge in [-0.1, -0.05) is 17.7 Å². The molecule has 1 aliphatic rings. The van der Waals surface area contributed by atoms with E-state index in [9.17, 15) is 0 Å². The fraction of sp³-hybridized carbons (Fsp3) is 0.625. The van der Waals surface area contributed by atoms with Crippen molar-refractivity contribution in [1.82, 2.24) is 15.1 Å². The summed E-state index contributed by atoms with van der Waals surface area (Å²) in [4.78, 5) is 4.85. The van der Waals surface area contributed by atoms with E-state index in [0.29, 0.717) is 6.04 Å². The Kier molecular flexibility index (Phi) is 5.40. The molecule has 0 amide bonds. The van der Waals surface area contributed by atoms with Gasteiger partial charge in [0.25, 0.3) is 0 Å². The van der Waals surface area contributed by atoms with Gasteiger partial charge in [-0.2, -0.15) is 0 Å². The highest BCUT2D eigenvalue weighted by Crippen LogP contribution is 2.19. The van der Waals surface area contributed by atoms with Crippen LogP contribution in [-0.2, 0) is 6.54 Å². The fourth-order valence-corrected chi connectivity index (χ4v) is 2.74. The molecule has 1 saturated heterocycles. The summed E-state index contributed by atoms with van der Waals surface area (Å²) in [7, 11) is 6.15. The van der Waals surface area contributed by atoms with E-state index < -0.39 is 0 Å². The second-order valence-corrected chi connectivity index (χ2v) is 5.84. The first-order valence-electron chi connectivity index (χ1n) is 7.33. The predicted molar refractivity (Wildman–Crippen MR) is 83.4 cm³/mol. The molecule has 1 atom stereocenters. The highest BCUT2D eigenvalue weighted by atomic mass is 16.5. The molecule has 1 fully saturated rings. The number of benzene rings is 1. The van der Waals surface area contributed by atoms with Gasteiger partial charge in [0.05, 0.1) is 7.11 Å².